The lowest BCUT2D eigenvalue weighted by atomic mass is 10.3. The lowest BCUT2D eigenvalue weighted by molar-refractivity contribution is 0.807. The molecule has 0 radical (unpaired) electrons. The zero-order valence-corrected chi connectivity index (χ0v) is 10.1. The Kier molecular flexibility index (Phi) is 5.89. The van der Waals surface area contributed by atoms with Gasteiger partial charge in [-0.15, -0.1) is 11.8 Å². The summed E-state index contributed by atoms with van der Waals surface area (Å²) in [5.74, 6) is 0. The van der Waals surface area contributed by atoms with Gasteiger partial charge in [0.25, 0.3) is 0 Å². The van der Waals surface area contributed by atoms with E-state index < -0.39 is 0 Å². The lowest BCUT2D eigenvalue weighted by Gasteiger charge is -2.17. The van der Waals surface area contributed by atoms with E-state index in [4.69, 9.17) is 0 Å². The molecule has 0 bridgehead atoms. The van der Waals surface area contributed by atoms with Gasteiger partial charge in [-0.3, -0.25) is 0 Å². The summed E-state index contributed by atoms with van der Waals surface area (Å²) in [7, 11) is 0. The predicted octanol–water partition coefficient (Wildman–Crippen LogP) is 4.55. The Morgan fingerprint density at radius 1 is 1.08 bits per heavy atom. The molecule has 0 unspecified atom stereocenters. The van der Waals surface area contributed by atoms with Crippen molar-refractivity contribution in [1.82, 2.24) is 0 Å². The van der Waals surface area contributed by atoms with Gasteiger partial charge in [-0.25, -0.2) is 0 Å². The first-order valence-electron chi connectivity index (χ1n) is 4.64. The zero-order chi connectivity index (χ0) is 10.3. The number of hydrogen-bond acceptors (Lipinski definition) is 1. The first-order valence-corrected chi connectivity index (χ1v) is 5.46. The molecule has 0 saturated carbocycles. The van der Waals surface area contributed by atoms with Crippen LogP contribution in [0.15, 0.2) is 35.3 Å². The molecule has 0 aromatic rings. The van der Waals surface area contributed by atoms with Crippen LogP contribution < -0.4 is 0 Å². The van der Waals surface area contributed by atoms with E-state index in [1.54, 1.807) is 0 Å². The molecule has 0 nitrogen and oxygen atoms in total. The van der Waals surface area contributed by atoms with Crippen LogP contribution in [0.3, 0.4) is 0 Å². The molecule has 0 rings (SSSR count). The maximum absolute atomic E-state index is 2.23. The predicted molar refractivity (Wildman–Crippen MR) is 65.1 cm³/mol. The van der Waals surface area contributed by atoms with Crippen LogP contribution in [0.4, 0.5) is 0 Å². The lowest BCUT2D eigenvalue weighted by Crippen LogP contribution is -2.06. The molecule has 0 fully saturated rings. The molecule has 0 aliphatic rings. The van der Waals surface area contributed by atoms with Gasteiger partial charge in [-0.05, 0) is 19.9 Å². The normalized spacial score (nSPS) is 14.7. The van der Waals surface area contributed by atoms with Crippen molar-refractivity contribution in [2.75, 3.05) is 0 Å². The minimum Gasteiger partial charge on any atom is -0.121 e. The van der Waals surface area contributed by atoms with Crippen LogP contribution in [0, 0.1) is 0 Å². The van der Waals surface area contributed by atoms with Gasteiger partial charge in [0.05, 0.1) is 0 Å². The first-order chi connectivity index (χ1) is 5.99. The summed E-state index contributed by atoms with van der Waals surface area (Å²) >= 11 is 1.89. The summed E-state index contributed by atoms with van der Waals surface area (Å²) in [6.45, 7) is 10.8. The van der Waals surface area contributed by atoms with E-state index in [2.05, 4.69) is 45.9 Å². The van der Waals surface area contributed by atoms with Crippen LogP contribution in [0.1, 0.15) is 34.6 Å². The maximum atomic E-state index is 2.23. The molecule has 0 saturated heterocycles. The van der Waals surface area contributed by atoms with Gasteiger partial charge in [-0.2, -0.15) is 0 Å². The summed E-state index contributed by atoms with van der Waals surface area (Å²) in [4.78, 5) is 1.32. The molecular formula is C12H20S. The maximum Gasteiger partial charge on any atom is 0.0122 e. The average Bonchev–Trinajstić information content (AvgIpc) is 2.01. The molecule has 0 spiro atoms. The summed E-state index contributed by atoms with van der Waals surface area (Å²) < 4.78 is 0.294. The Bertz CT molecular complexity index is 214. The van der Waals surface area contributed by atoms with Crippen LogP contribution in [0.25, 0.3) is 0 Å². The minimum absolute atomic E-state index is 0.294. The molecule has 0 aliphatic carbocycles. The second-order valence-electron chi connectivity index (χ2n) is 3.79. The van der Waals surface area contributed by atoms with E-state index >= 15 is 0 Å². The second kappa shape index (κ2) is 6.09. The summed E-state index contributed by atoms with van der Waals surface area (Å²) in [5.41, 5.74) is 0. The SMILES string of the molecule is C\C=C/C=C\C(=C/C)SC(C)(C)C. The molecule has 0 amide bonds. The van der Waals surface area contributed by atoms with Crippen LogP contribution in [0.5, 0.6) is 0 Å². The molecule has 74 valence electrons. The third kappa shape index (κ3) is 7.92. The third-order valence-corrected chi connectivity index (χ3v) is 2.49. The highest BCUT2D eigenvalue weighted by Gasteiger charge is 2.11. The zero-order valence-electron chi connectivity index (χ0n) is 9.29. The average molecular weight is 196 g/mol. The number of rotatable bonds is 3. The van der Waals surface area contributed by atoms with Crippen molar-refractivity contribution in [2.45, 2.75) is 39.4 Å². The van der Waals surface area contributed by atoms with Crippen molar-refractivity contribution < 1.29 is 0 Å². The molecular weight excluding hydrogens is 176 g/mol. The largest absolute Gasteiger partial charge is 0.121 e. The Labute approximate surface area is 86.8 Å². The molecule has 0 aliphatic heterocycles. The molecule has 13 heavy (non-hydrogen) atoms. The monoisotopic (exact) mass is 196 g/mol. The summed E-state index contributed by atoms with van der Waals surface area (Å²) in [5, 5.41) is 0. The van der Waals surface area contributed by atoms with E-state index in [1.165, 1.54) is 4.91 Å². The molecule has 0 heterocycles. The van der Waals surface area contributed by atoms with Crippen LogP contribution >= 0.6 is 11.8 Å². The fraction of sp³-hybridized carbons (Fsp3) is 0.500. The van der Waals surface area contributed by atoms with E-state index in [1.807, 2.05) is 30.8 Å². The Morgan fingerprint density at radius 3 is 2.08 bits per heavy atom. The number of allylic oxidation sites excluding steroid dienone is 5. The summed E-state index contributed by atoms with van der Waals surface area (Å²) in [6, 6.07) is 0. The van der Waals surface area contributed by atoms with Crippen molar-refractivity contribution in [3.8, 4) is 0 Å². The van der Waals surface area contributed by atoms with Gasteiger partial charge < -0.3 is 0 Å². The Morgan fingerprint density at radius 2 is 1.69 bits per heavy atom. The number of thioether (sulfide) groups is 1. The first kappa shape index (κ1) is 12.6. The number of hydrogen-bond donors (Lipinski definition) is 0. The molecule has 0 aromatic carbocycles. The molecule has 0 atom stereocenters. The fourth-order valence-electron chi connectivity index (χ4n) is 0.804. The van der Waals surface area contributed by atoms with Crippen LogP contribution in [0.2, 0.25) is 0 Å². The molecule has 0 aromatic heterocycles. The summed E-state index contributed by atoms with van der Waals surface area (Å²) in [6.07, 6.45) is 10.5. The Hall–Kier alpha value is -0.430. The van der Waals surface area contributed by atoms with E-state index in [9.17, 15) is 0 Å². The highest BCUT2D eigenvalue weighted by Crippen LogP contribution is 2.31. The minimum atomic E-state index is 0.294. The van der Waals surface area contributed by atoms with E-state index in [-0.39, 0.29) is 0 Å². The Balaban J connectivity index is 4.23. The topological polar surface area (TPSA) is 0 Å². The second-order valence-corrected chi connectivity index (χ2v) is 5.69. The smallest absolute Gasteiger partial charge is 0.0122 e. The van der Waals surface area contributed by atoms with Crippen molar-refractivity contribution in [3.05, 3.63) is 35.3 Å². The highest BCUT2D eigenvalue weighted by molar-refractivity contribution is 8.04. The van der Waals surface area contributed by atoms with Gasteiger partial charge in [0.15, 0.2) is 0 Å². The van der Waals surface area contributed by atoms with Crippen molar-refractivity contribution >= 4 is 11.8 Å². The van der Waals surface area contributed by atoms with Gasteiger partial charge in [0, 0.05) is 9.65 Å². The highest BCUT2D eigenvalue weighted by atomic mass is 32.2. The molecule has 1 heteroatoms. The van der Waals surface area contributed by atoms with Gasteiger partial charge in [0.2, 0.25) is 0 Å². The van der Waals surface area contributed by atoms with Gasteiger partial charge in [-0.1, -0.05) is 45.1 Å². The van der Waals surface area contributed by atoms with E-state index in [0.717, 1.165) is 0 Å². The molecule has 0 N–H and O–H groups in total. The fourth-order valence-corrected chi connectivity index (χ4v) is 1.78. The quantitative estimate of drug-likeness (QED) is 0.596. The van der Waals surface area contributed by atoms with Gasteiger partial charge in [0.1, 0.15) is 0 Å². The van der Waals surface area contributed by atoms with E-state index in [0.29, 0.717) is 4.75 Å². The van der Waals surface area contributed by atoms with Crippen molar-refractivity contribution in [1.29, 1.82) is 0 Å². The standard InChI is InChI=1S/C12H20S/c1-6-8-9-10-11(7-2)13-12(3,4)5/h6-10H,1-5H3/b8-6-,10-9-,11-7+. The van der Waals surface area contributed by atoms with Crippen molar-refractivity contribution in [3.63, 3.8) is 0 Å². The van der Waals surface area contributed by atoms with Crippen LogP contribution in [-0.2, 0) is 0 Å². The van der Waals surface area contributed by atoms with Crippen molar-refractivity contribution in [2.24, 2.45) is 0 Å². The third-order valence-electron chi connectivity index (χ3n) is 1.27. The van der Waals surface area contributed by atoms with Gasteiger partial charge >= 0.3 is 0 Å². The van der Waals surface area contributed by atoms with Crippen LogP contribution in [-0.4, -0.2) is 4.75 Å².